The fourth-order valence-electron chi connectivity index (χ4n) is 4.59. The van der Waals surface area contributed by atoms with Gasteiger partial charge in [0.05, 0.1) is 7.11 Å². The molecule has 0 spiro atoms. The van der Waals surface area contributed by atoms with Crippen LogP contribution in [-0.4, -0.2) is 86.0 Å². The van der Waals surface area contributed by atoms with Crippen molar-refractivity contribution in [2.45, 2.75) is 18.5 Å². The van der Waals surface area contributed by atoms with Crippen LogP contribution in [0.25, 0.3) is 0 Å². The highest BCUT2D eigenvalue weighted by molar-refractivity contribution is 5.98. The van der Waals surface area contributed by atoms with Crippen LogP contribution in [-0.2, 0) is 4.79 Å². The lowest BCUT2D eigenvalue weighted by Gasteiger charge is -2.39. The normalized spacial score (nSPS) is 20.7. The topological polar surface area (TPSA) is 65.1 Å². The Kier molecular flexibility index (Phi) is 7.07. The molecular weight excluding hydrogens is 404 g/mol. The zero-order valence-electron chi connectivity index (χ0n) is 18.9. The van der Waals surface area contributed by atoms with Crippen molar-refractivity contribution in [3.05, 3.63) is 65.7 Å². The number of benzene rings is 2. The van der Waals surface area contributed by atoms with Gasteiger partial charge in [-0.2, -0.15) is 0 Å². The van der Waals surface area contributed by atoms with Gasteiger partial charge < -0.3 is 19.9 Å². The number of nitrogens with one attached hydrogen (secondary N) is 1. The van der Waals surface area contributed by atoms with E-state index in [0.29, 0.717) is 30.4 Å². The van der Waals surface area contributed by atoms with Gasteiger partial charge in [0.2, 0.25) is 5.91 Å². The average Bonchev–Trinajstić information content (AvgIpc) is 3.29. The summed E-state index contributed by atoms with van der Waals surface area (Å²) in [6, 6.07) is 16.2. The van der Waals surface area contributed by atoms with Crippen molar-refractivity contribution in [3.63, 3.8) is 0 Å². The van der Waals surface area contributed by atoms with E-state index in [9.17, 15) is 9.59 Å². The van der Waals surface area contributed by atoms with E-state index >= 15 is 0 Å². The zero-order valence-corrected chi connectivity index (χ0v) is 18.9. The van der Waals surface area contributed by atoms with E-state index in [1.807, 2.05) is 35.2 Å². The maximum atomic E-state index is 13.5. The number of ether oxygens (including phenoxy) is 1. The second-order valence-corrected chi connectivity index (χ2v) is 8.61. The molecule has 0 bridgehead atoms. The second kappa shape index (κ2) is 10.1. The largest absolute Gasteiger partial charge is 0.497 e. The Morgan fingerprint density at radius 3 is 2.25 bits per heavy atom. The predicted octanol–water partition coefficient (Wildman–Crippen LogP) is 2.01. The summed E-state index contributed by atoms with van der Waals surface area (Å²) in [6.07, 6.45) is 1.19. The molecule has 2 amide bonds. The number of hydrogen-bond acceptors (Lipinski definition) is 5. The molecule has 170 valence electrons. The maximum absolute atomic E-state index is 13.5. The van der Waals surface area contributed by atoms with Crippen LogP contribution in [0.5, 0.6) is 5.75 Å². The molecule has 2 aromatic rings. The SMILES string of the molecule is COc1ccc(C(=O)N[C@@H](C(=O)N2CCN(C3CCN(C)C3)CC2)c2ccccc2)cc1. The fourth-order valence-corrected chi connectivity index (χ4v) is 4.59. The van der Waals surface area contributed by atoms with E-state index in [-0.39, 0.29) is 11.8 Å². The van der Waals surface area contributed by atoms with Gasteiger partial charge >= 0.3 is 0 Å². The molecule has 0 aliphatic carbocycles. The second-order valence-electron chi connectivity index (χ2n) is 8.61. The lowest BCUT2D eigenvalue weighted by atomic mass is 10.0. The van der Waals surface area contributed by atoms with E-state index in [1.54, 1.807) is 31.4 Å². The first-order valence-electron chi connectivity index (χ1n) is 11.3. The Hall–Kier alpha value is -2.90. The molecule has 2 fully saturated rings. The standard InChI is InChI=1S/C25H32N4O3/c1-27-13-12-21(18-27)28-14-16-29(17-15-28)25(31)23(19-6-4-3-5-7-19)26-24(30)20-8-10-22(32-2)11-9-20/h3-11,21,23H,12-18H2,1-2H3,(H,26,30)/t21?,23-/m1/s1. The number of methoxy groups -OCH3 is 1. The van der Waals surface area contributed by atoms with Crippen molar-refractivity contribution in [2.24, 2.45) is 0 Å². The molecule has 0 aromatic heterocycles. The molecule has 0 saturated carbocycles. The molecule has 2 saturated heterocycles. The summed E-state index contributed by atoms with van der Waals surface area (Å²) in [7, 11) is 3.75. The minimum absolute atomic E-state index is 0.0544. The molecule has 32 heavy (non-hydrogen) atoms. The summed E-state index contributed by atoms with van der Waals surface area (Å²) in [5.41, 5.74) is 1.29. The van der Waals surface area contributed by atoms with Crippen LogP contribution < -0.4 is 10.1 Å². The van der Waals surface area contributed by atoms with E-state index < -0.39 is 6.04 Å². The number of carbonyl (C=O) groups is 2. The van der Waals surface area contributed by atoms with E-state index in [2.05, 4.69) is 22.2 Å². The Labute approximate surface area is 189 Å². The molecule has 1 N–H and O–H groups in total. The molecule has 0 radical (unpaired) electrons. The van der Waals surface area contributed by atoms with Crippen LogP contribution in [0.3, 0.4) is 0 Å². The maximum Gasteiger partial charge on any atom is 0.252 e. The molecule has 2 aromatic carbocycles. The summed E-state index contributed by atoms with van der Waals surface area (Å²) < 4.78 is 5.17. The van der Waals surface area contributed by atoms with Crippen LogP contribution >= 0.6 is 0 Å². The summed E-state index contributed by atoms with van der Waals surface area (Å²) in [5.74, 6) is 0.354. The Morgan fingerprint density at radius 1 is 0.969 bits per heavy atom. The monoisotopic (exact) mass is 436 g/mol. The van der Waals surface area contributed by atoms with Crippen molar-refractivity contribution in [1.29, 1.82) is 0 Å². The molecule has 2 aliphatic rings. The number of nitrogens with zero attached hydrogens (tertiary/aromatic N) is 3. The number of likely N-dealkylation sites (tertiary alicyclic amines) is 1. The van der Waals surface area contributed by atoms with Gasteiger partial charge in [-0.1, -0.05) is 30.3 Å². The Bertz CT molecular complexity index is 911. The number of likely N-dealkylation sites (N-methyl/N-ethyl adjacent to an activating group) is 1. The van der Waals surface area contributed by atoms with Crippen molar-refractivity contribution < 1.29 is 14.3 Å². The third kappa shape index (κ3) is 5.11. The van der Waals surface area contributed by atoms with Crippen LogP contribution in [0, 0.1) is 0 Å². The summed E-state index contributed by atoms with van der Waals surface area (Å²) in [5, 5.41) is 2.97. The van der Waals surface area contributed by atoms with Gasteiger partial charge in [-0.15, -0.1) is 0 Å². The van der Waals surface area contributed by atoms with Gasteiger partial charge in [-0.3, -0.25) is 14.5 Å². The Balaban J connectivity index is 1.44. The molecule has 7 nitrogen and oxygen atoms in total. The smallest absolute Gasteiger partial charge is 0.252 e. The van der Waals surface area contributed by atoms with Gasteiger partial charge in [-0.25, -0.2) is 0 Å². The van der Waals surface area contributed by atoms with E-state index in [0.717, 1.165) is 31.7 Å². The van der Waals surface area contributed by atoms with E-state index in [4.69, 9.17) is 4.74 Å². The van der Waals surface area contributed by atoms with Gasteiger partial charge in [0.25, 0.3) is 5.91 Å². The van der Waals surface area contributed by atoms with Crippen LogP contribution in [0.15, 0.2) is 54.6 Å². The number of amides is 2. The highest BCUT2D eigenvalue weighted by Gasteiger charge is 2.33. The first-order valence-corrected chi connectivity index (χ1v) is 11.3. The minimum atomic E-state index is -0.713. The third-order valence-corrected chi connectivity index (χ3v) is 6.52. The summed E-state index contributed by atoms with van der Waals surface area (Å²) >= 11 is 0. The summed E-state index contributed by atoms with van der Waals surface area (Å²) in [4.78, 5) is 33.2. The fraction of sp³-hybridized carbons (Fsp3) is 0.440. The molecule has 2 heterocycles. The number of piperazine rings is 1. The Morgan fingerprint density at radius 2 is 1.66 bits per heavy atom. The average molecular weight is 437 g/mol. The van der Waals surface area contributed by atoms with Crippen molar-refractivity contribution in [1.82, 2.24) is 20.0 Å². The predicted molar refractivity (Wildman–Crippen MR) is 124 cm³/mol. The van der Waals surface area contributed by atoms with Crippen LogP contribution in [0.4, 0.5) is 0 Å². The number of hydrogen-bond donors (Lipinski definition) is 1. The van der Waals surface area contributed by atoms with Gasteiger partial charge in [0, 0.05) is 44.3 Å². The lowest BCUT2D eigenvalue weighted by Crippen LogP contribution is -2.54. The minimum Gasteiger partial charge on any atom is -0.497 e. The van der Waals surface area contributed by atoms with Gasteiger partial charge in [-0.05, 0) is 49.8 Å². The zero-order chi connectivity index (χ0) is 22.5. The summed E-state index contributed by atoms with van der Waals surface area (Å²) in [6.45, 7) is 5.34. The number of rotatable bonds is 6. The van der Waals surface area contributed by atoms with Gasteiger partial charge in [0.1, 0.15) is 11.8 Å². The van der Waals surface area contributed by atoms with Crippen molar-refractivity contribution >= 4 is 11.8 Å². The third-order valence-electron chi connectivity index (χ3n) is 6.52. The van der Waals surface area contributed by atoms with E-state index in [1.165, 1.54) is 6.42 Å². The van der Waals surface area contributed by atoms with Crippen molar-refractivity contribution in [2.75, 3.05) is 53.4 Å². The highest BCUT2D eigenvalue weighted by Crippen LogP contribution is 2.21. The van der Waals surface area contributed by atoms with Gasteiger partial charge in [0.15, 0.2) is 0 Å². The molecule has 7 heteroatoms. The first kappa shape index (κ1) is 22.3. The highest BCUT2D eigenvalue weighted by atomic mass is 16.5. The van der Waals surface area contributed by atoms with Crippen molar-refractivity contribution in [3.8, 4) is 5.75 Å². The van der Waals surface area contributed by atoms with Crippen LogP contribution in [0.2, 0.25) is 0 Å². The molecule has 2 atom stereocenters. The first-order chi connectivity index (χ1) is 15.5. The molecular formula is C25H32N4O3. The molecule has 2 aliphatic heterocycles. The molecule has 1 unspecified atom stereocenters. The quantitative estimate of drug-likeness (QED) is 0.751. The lowest BCUT2D eigenvalue weighted by molar-refractivity contribution is -0.135. The number of carbonyl (C=O) groups excluding carboxylic acids is 2. The molecule has 4 rings (SSSR count). The van der Waals surface area contributed by atoms with Crippen LogP contribution in [0.1, 0.15) is 28.4 Å².